The van der Waals surface area contributed by atoms with Crippen LogP contribution in [0.4, 0.5) is 0 Å². The predicted molar refractivity (Wildman–Crippen MR) is 76.4 cm³/mol. The fraction of sp³-hybridized carbons (Fsp3) is 0.538. The summed E-state index contributed by atoms with van der Waals surface area (Å²) in [7, 11) is -3.27. The average molecular weight is 290 g/mol. The number of nitrogens with one attached hydrogen (secondary N) is 1. The van der Waals surface area contributed by atoms with Crippen molar-refractivity contribution in [2.24, 2.45) is 5.92 Å². The van der Waals surface area contributed by atoms with Crippen molar-refractivity contribution in [1.82, 2.24) is 4.72 Å². The predicted octanol–water partition coefficient (Wildman–Crippen LogP) is 2.41. The van der Waals surface area contributed by atoms with Crippen molar-refractivity contribution in [3.8, 4) is 0 Å². The molecule has 1 aromatic rings. The summed E-state index contributed by atoms with van der Waals surface area (Å²) >= 11 is 5.76. The maximum absolute atomic E-state index is 11.9. The van der Waals surface area contributed by atoms with Crippen LogP contribution in [0.5, 0.6) is 0 Å². The number of hydrogen-bond donors (Lipinski definition) is 1. The Morgan fingerprint density at radius 3 is 2.33 bits per heavy atom. The number of aryl methyl sites for hydroxylation is 1. The average Bonchev–Trinajstić information content (AvgIpc) is 2.35. The van der Waals surface area contributed by atoms with E-state index in [9.17, 15) is 8.42 Å². The van der Waals surface area contributed by atoms with Gasteiger partial charge in [-0.1, -0.05) is 44.2 Å². The molecule has 0 aliphatic carbocycles. The van der Waals surface area contributed by atoms with Crippen molar-refractivity contribution in [3.05, 3.63) is 35.9 Å². The molecule has 0 aromatic heterocycles. The maximum Gasteiger partial charge on any atom is 0.212 e. The highest BCUT2D eigenvalue weighted by Crippen LogP contribution is 2.07. The number of hydrogen-bond acceptors (Lipinski definition) is 2. The van der Waals surface area contributed by atoms with Crippen LogP contribution in [0.2, 0.25) is 0 Å². The Bertz CT molecular complexity index is 445. The van der Waals surface area contributed by atoms with Gasteiger partial charge in [0.05, 0.1) is 5.75 Å². The normalized spacial score (nSPS) is 13.8. The molecule has 18 heavy (non-hydrogen) atoms. The molecule has 0 amide bonds. The second-order valence-electron chi connectivity index (χ2n) is 4.68. The SMILES string of the molecule is CC(C)C(CCl)NS(=O)(=O)CCc1ccccc1. The fourth-order valence-electron chi connectivity index (χ4n) is 1.53. The Hall–Kier alpha value is -0.580. The van der Waals surface area contributed by atoms with Crippen LogP contribution in [0.1, 0.15) is 19.4 Å². The molecular formula is C13H20ClNO2S. The van der Waals surface area contributed by atoms with E-state index in [1.807, 2.05) is 44.2 Å². The molecule has 5 heteroatoms. The van der Waals surface area contributed by atoms with Crippen molar-refractivity contribution in [1.29, 1.82) is 0 Å². The van der Waals surface area contributed by atoms with Gasteiger partial charge in [0.25, 0.3) is 0 Å². The first kappa shape index (κ1) is 15.5. The monoisotopic (exact) mass is 289 g/mol. The van der Waals surface area contributed by atoms with Gasteiger partial charge in [0, 0.05) is 11.9 Å². The number of sulfonamides is 1. The smallest absolute Gasteiger partial charge is 0.212 e. The molecule has 0 saturated carbocycles. The molecule has 1 unspecified atom stereocenters. The topological polar surface area (TPSA) is 46.2 Å². The molecule has 1 N–H and O–H groups in total. The first-order valence-electron chi connectivity index (χ1n) is 6.04. The van der Waals surface area contributed by atoms with Crippen molar-refractivity contribution >= 4 is 21.6 Å². The Morgan fingerprint density at radius 2 is 1.83 bits per heavy atom. The Labute approximate surface area is 115 Å². The van der Waals surface area contributed by atoms with Crippen LogP contribution in [0.25, 0.3) is 0 Å². The standard InChI is InChI=1S/C13H20ClNO2S/c1-11(2)13(10-14)15-18(16,17)9-8-12-6-4-3-5-7-12/h3-7,11,13,15H,8-10H2,1-2H3. The largest absolute Gasteiger partial charge is 0.212 e. The highest BCUT2D eigenvalue weighted by atomic mass is 35.5. The second-order valence-corrected chi connectivity index (χ2v) is 6.86. The lowest BCUT2D eigenvalue weighted by Gasteiger charge is -2.19. The third-order valence-electron chi connectivity index (χ3n) is 2.80. The lowest BCUT2D eigenvalue weighted by molar-refractivity contribution is 0.480. The zero-order valence-corrected chi connectivity index (χ0v) is 12.3. The quantitative estimate of drug-likeness (QED) is 0.784. The molecule has 0 bridgehead atoms. The summed E-state index contributed by atoms with van der Waals surface area (Å²) in [4.78, 5) is 0. The molecule has 1 aromatic carbocycles. The fourth-order valence-corrected chi connectivity index (χ4v) is 3.50. The number of halogens is 1. The molecule has 0 aliphatic rings. The van der Waals surface area contributed by atoms with Crippen LogP contribution < -0.4 is 4.72 Å². The second kappa shape index (κ2) is 7.12. The lowest BCUT2D eigenvalue weighted by atomic mass is 10.1. The van der Waals surface area contributed by atoms with Gasteiger partial charge in [-0.05, 0) is 17.9 Å². The van der Waals surface area contributed by atoms with Crippen LogP contribution in [-0.2, 0) is 16.4 Å². The number of alkyl halides is 1. The number of rotatable bonds is 7. The van der Waals surface area contributed by atoms with E-state index in [1.165, 1.54) is 0 Å². The van der Waals surface area contributed by atoms with Gasteiger partial charge in [-0.25, -0.2) is 13.1 Å². The molecule has 0 aliphatic heterocycles. The van der Waals surface area contributed by atoms with Crippen LogP contribution in [0, 0.1) is 5.92 Å². The number of benzene rings is 1. The minimum absolute atomic E-state index is 0.0944. The van der Waals surface area contributed by atoms with E-state index in [0.717, 1.165) is 5.56 Å². The molecule has 1 rings (SSSR count). The molecular weight excluding hydrogens is 270 g/mol. The van der Waals surface area contributed by atoms with Crippen LogP contribution in [0.3, 0.4) is 0 Å². The van der Waals surface area contributed by atoms with Crippen molar-refractivity contribution in [3.63, 3.8) is 0 Å². The first-order chi connectivity index (χ1) is 8.44. The summed E-state index contributed by atoms with van der Waals surface area (Å²) in [5.41, 5.74) is 1.02. The highest BCUT2D eigenvalue weighted by molar-refractivity contribution is 7.89. The minimum atomic E-state index is -3.27. The van der Waals surface area contributed by atoms with E-state index in [4.69, 9.17) is 11.6 Å². The molecule has 0 saturated heterocycles. The van der Waals surface area contributed by atoms with Gasteiger partial charge in [-0.15, -0.1) is 11.6 Å². The van der Waals surface area contributed by atoms with Gasteiger partial charge in [-0.3, -0.25) is 0 Å². The minimum Gasteiger partial charge on any atom is -0.212 e. The van der Waals surface area contributed by atoms with E-state index in [1.54, 1.807) is 0 Å². The van der Waals surface area contributed by atoms with Gasteiger partial charge < -0.3 is 0 Å². The third-order valence-corrected chi connectivity index (χ3v) is 4.54. The molecule has 1 atom stereocenters. The van der Waals surface area contributed by atoms with E-state index in [0.29, 0.717) is 12.3 Å². The summed E-state index contributed by atoms with van der Waals surface area (Å²) in [6.07, 6.45) is 0.517. The maximum atomic E-state index is 11.9. The van der Waals surface area contributed by atoms with E-state index < -0.39 is 10.0 Å². The third kappa shape index (κ3) is 5.38. The molecule has 0 fully saturated rings. The van der Waals surface area contributed by atoms with Gasteiger partial charge in [-0.2, -0.15) is 0 Å². The van der Waals surface area contributed by atoms with E-state index in [-0.39, 0.29) is 17.7 Å². The Balaban J connectivity index is 2.55. The first-order valence-corrected chi connectivity index (χ1v) is 8.23. The van der Waals surface area contributed by atoms with E-state index in [2.05, 4.69) is 4.72 Å². The van der Waals surface area contributed by atoms with Crippen molar-refractivity contribution in [2.75, 3.05) is 11.6 Å². The summed E-state index contributed by atoms with van der Waals surface area (Å²) in [6.45, 7) is 3.90. The molecule has 3 nitrogen and oxygen atoms in total. The molecule has 102 valence electrons. The Kier molecular flexibility index (Phi) is 6.12. The van der Waals surface area contributed by atoms with Gasteiger partial charge >= 0.3 is 0 Å². The van der Waals surface area contributed by atoms with Crippen LogP contribution in [-0.4, -0.2) is 26.1 Å². The van der Waals surface area contributed by atoms with Gasteiger partial charge in [0.15, 0.2) is 0 Å². The van der Waals surface area contributed by atoms with E-state index >= 15 is 0 Å². The molecule has 0 heterocycles. The van der Waals surface area contributed by atoms with Gasteiger partial charge in [0.2, 0.25) is 10.0 Å². The van der Waals surface area contributed by atoms with Crippen molar-refractivity contribution in [2.45, 2.75) is 26.3 Å². The van der Waals surface area contributed by atoms with Gasteiger partial charge in [0.1, 0.15) is 0 Å². The highest BCUT2D eigenvalue weighted by Gasteiger charge is 2.19. The summed E-state index contributed by atoms with van der Waals surface area (Å²) in [6, 6.07) is 9.38. The zero-order chi connectivity index (χ0) is 13.6. The summed E-state index contributed by atoms with van der Waals surface area (Å²) in [5.74, 6) is 0.577. The molecule has 0 radical (unpaired) electrons. The summed E-state index contributed by atoms with van der Waals surface area (Å²) < 4.78 is 26.5. The zero-order valence-electron chi connectivity index (χ0n) is 10.8. The molecule has 0 spiro atoms. The summed E-state index contributed by atoms with van der Waals surface area (Å²) in [5, 5.41) is 0. The van der Waals surface area contributed by atoms with Crippen LogP contribution >= 0.6 is 11.6 Å². The Morgan fingerprint density at radius 1 is 1.22 bits per heavy atom. The lowest BCUT2D eigenvalue weighted by Crippen LogP contribution is -2.41. The van der Waals surface area contributed by atoms with Crippen molar-refractivity contribution < 1.29 is 8.42 Å². The van der Waals surface area contributed by atoms with Crippen LogP contribution in [0.15, 0.2) is 30.3 Å².